The van der Waals surface area contributed by atoms with Crippen molar-refractivity contribution in [1.29, 1.82) is 0 Å². The number of nitrogens with two attached hydrogens (primary N) is 1. The van der Waals surface area contributed by atoms with Crippen LogP contribution in [-0.4, -0.2) is 23.3 Å². The largest absolute Gasteiger partial charge is 0.487 e. The molecule has 0 bridgehead atoms. The summed E-state index contributed by atoms with van der Waals surface area (Å²) in [5, 5.41) is 0. The van der Waals surface area contributed by atoms with E-state index in [1.807, 2.05) is 51.9 Å². The van der Waals surface area contributed by atoms with Crippen molar-refractivity contribution >= 4 is 13.2 Å². The highest BCUT2D eigenvalue weighted by atomic mass is 16.7. The zero-order chi connectivity index (χ0) is 14.1. The maximum atomic E-state index is 5.90. The number of aromatic nitrogens is 1. The third-order valence-corrected chi connectivity index (χ3v) is 3.82. The van der Waals surface area contributed by atoms with E-state index in [1.165, 1.54) is 0 Å². The number of hydrogen-bond acceptors (Lipinski definition) is 4. The van der Waals surface area contributed by atoms with Crippen LogP contribution in [0.25, 0.3) is 6.08 Å². The van der Waals surface area contributed by atoms with Crippen LogP contribution in [-0.2, 0) is 15.9 Å². The molecule has 4 nitrogen and oxygen atoms in total. The van der Waals surface area contributed by atoms with E-state index in [9.17, 15) is 0 Å². The molecule has 0 aliphatic carbocycles. The highest BCUT2D eigenvalue weighted by Gasteiger charge is 2.49. The molecule has 1 aliphatic heterocycles. The van der Waals surface area contributed by atoms with Crippen LogP contribution in [0.4, 0.5) is 0 Å². The molecule has 0 spiro atoms. The molecule has 102 valence electrons. The first-order valence-electron chi connectivity index (χ1n) is 6.53. The summed E-state index contributed by atoms with van der Waals surface area (Å²) >= 11 is 0. The molecular weight excluding hydrogens is 239 g/mol. The van der Waals surface area contributed by atoms with Gasteiger partial charge in [0.25, 0.3) is 0 Å². The Labute approximate surface area is 115 Å². The second-order valence-corrected chi connectivity index (χ2v) is 5.73. The van der Waals surface area contributed by atoms with Gasteiger partial charge in [-0.3, -0.25) is 4.98 Å². The molecule has 0 aromatic carbocycles. The quantitative estimate of drug-likeness (QED) is 0.846. The van der Waals surface area contributed by atoms with Gasteiger partial charge in [0.2, 0.25) is 0 Å². The van der Waals surface area contributed by atoms with Crippen LogP contribution in [0.1, 0.15) is 39.0 Å². The lowest BCUT2D eigenvalue weighted by Gasteiger charge is -2.32. The zero-order valence-corrected chi connectivity index (χ0v) is 12.0. The minimum Gasteiger partial charge on any atom is -0.400 e. The summed E-state index contributed by atoms with van der Waals surface area (Å²) in [5.41, 5.74) is 6.91. The first kappa shape index (κ1) is 14.2. The zero-order valence-electron chi connectivity index (χ0n) is 12.0. The van der Waals surface area contributed by atoms with Crippen molar-refractivity contribution in [3.63, 3.8) is 0 Å². The van der Waals surface area contributed by atoms with Gasteiger partial charge in [-0.1, -0.05) is 18.1 Å². The molecule has 0 radical (unpaired) electrons. The molecule has 0 atom stereocenters. The molecule has 0 amide bonds. The Bertz CT molecular complexity index is 470. The van der Waals surface area contributed by atoms with Crippen molar-refractivity contribution in [2.75, 3.05) is 0 Å². The average molecular weight is 260 g/mol. The normalized spacial score (nSPS) is 21.2. The van der Waals surface area contributed by atoms with Crippen molar-refractivity contribution in [2.24, 2.45) is 5.73 Å². The van der Waals surface area contributed by atoms with Crippen LogP contribution in [0.15, 0.2) is 24.3 Å². The van der Waals surface area contributed by atoms with Crippen LogP contribution in [0.2, 0.25) is 0 Å². The van der Waals surface area contributed by atoms with Crippen molar-refractivity contribution in [3.8, 4) is 0 Å². The highest BCUT2D eigenvalue weighted by Crippen LogP contribution is 2.37. The van der Waals surface area contributed by atoms with Crippen LogP contribution in [0.5, 0.6) is 0 Å². The van der Waals surface area contributed by atoms with Crippen molar-refractivity contribution in [3.05, 3.63) is 35.6 Å². The first-order chi connectivity index (χ1) is 8.86. The Morgan fingerprint density at radius 1 is 1.26 bits per heavy atom. The van der Waals surface area contributed by atoms with Gasteiger partial charge in [0.15, 0.2) is 0 Å². The molecule has 1 aliphatic rings. The summed E-state index contributed by atoms with van der Waals surface area (Å²) in [4.78, 5) is 4.24. The molecule has 1 aromatic heterocycles. The minimum atomic E-state index is -0.337. The van der Waals surface area contributed by atoms with E-state index in [0.717, 1.165) is 11.3 Å². The molecule has 1 saturated heterocycles. The Balaban J connectivity index is 2.13. The Morgan fingerprint density at radius 2 is 1.89 bits per heavy atom. The van der Waals surface area contributed by atoms with Crippen LogP contribution in [0, 0.1) is 0 Å². The second-order valence-electron chi connectivity index (χ2n) is 5.73. The van der Waals surface area contributed by atoms with E-state index in [1.54, 1.807) is 6.20 Å². The predicted molar refractivity (Wildman–Crippen MR) is 77.2 cm³/mol. The molecule has 1 fully saturated rings. The van der Waals surface area contributed by atoms with Gasteiger partial charge < -0.3 is 15.0 Å². The smallest absolute Gasteiger partial charge is 0.400 e. The monoisotopic (exact) mass is 260 g/mol. The third kappa shape index (κ3) is 2.89. The topological polar surface area (TPSA) is 57.4 Å². The van der Waals surface area contributed by atoms with E-state index in [0.29, 0.717) is 6.54 Å². The van der Waals surface area contributed by atoms with Gasteiger partial charge in [0.1, 0.15) is 0 Å². The van der Waals surface area contributed by atoms with E-state index >= 15 is 0 Å². The standard InChI is InChI=1S/C14H21BN2O2/c1-13(2)14(3,4)19-15(18-13)8-7-11-6-5-9-17-12(11)10-16/h5-9H,10,16H2,1-4H3/b8-7+. The average Bonchev–Trinajstić information content (AvgIpc) is 2.55. The van der Waals surface area contributed by atoms with E-state index < -0.39 is 0 Å². The molecule has 0 unspecified atom stereocenters. The summed E-state index contributed by atoms with van der Waals surface area (Å²) in [6.07, 6.45) is 3.70. The van der Waals surface area contributed by atoms with Crippen LogP contribution < -0.4 is 5.73 Å². The summed E-state index contributed by atoms with van der Waals surface area (Å²) in [6, 6.07) is 3.88. The van der Waals surface area contributed by atoms with Gasteiger partial charge in [-0.15, -0.1) is 0 Å². The third-order valence-electron chi connectivity index (χ3n) is 3.82. The summed E-state index contributed by atoms with van der Waals surface area (Å²) < 4.78 is 11.8. The fourth-order valence-corrected chi connectivity index (χ4v) is 1.92. The fourth-order valence-electron chi connectivity index (χ4n) is 1.92. The van der Waals surface area contributed by atoms with Gasteiger partial charge >= 0.3 is 7.12 Å². The summed E-state index contributed by atoms with van der Waals surface area (Å²) in [5.74, 6) is 1.91. The molecular formula is C14H21BN2O2. The minimum absolute atomic E-state index is 0.312. The first-order valence-corrected chi connectivity index (χ1v) is 6.53. The molecule has 2 heterocycles. The van der Waals surface area contributed by atoms with Crippen LogP contribution in [0.3, 0.4) is 0 Å². The van der Waals surface area contributed by atoms with Gasteiger partial charge in [-0.25, -0.2) is 0 Å². The lowest BCUT2D eigenvalue weighted by molar-refractivity contribution is 0.00578. The number of hydrogen-bond donors (Lipinski definition) is 1. The van der Waals surface area contributed by atoms with Crippen molar-refractivity contribution in [2.45, 2.75) is 45.4 Å². The fraction of sp³-hybridized carbons (Fsp3) is 0.500. The SMILES string of the molecule is CC1(C)OB(/C=C/c2cccnc2CN)OC1(C)C. The van der Waals surface area contributed by atoms with E-state index in [-0.39, 0.29) is 18.3 Å². The number of nitrogens with zero attached hydrogens (tertiary/aromatic N) is 1. The van der Waals surface area contributed by atoms with E-state index in [2.05, 4.69) is 4.98 Å². The number of pyridine rings is 1. The molecule has 2 rings (SSSR count). The van der Waals surface area contributed by atoms with Gasteiger partial charge in [0.05, 0.1) is 16.9 Å². The molecule has 0 saturated carbocycles. The van der Waals surface area contributed by atoms with Crippen LogP contribution >= 0.6 is 0 Å². The molecule has 19 heavy (non-hydrogen) atoms. The Kier molecular flexibility index (Phi) is 3.81. The van der Waals surface area contributed by atoms with Gasteiger partial charge in [0, 0.05) is 12.7 Å². The lowest BCUT2D eigenvalue weighted by Crippen LogP contribution is -2.41. The molecule has 2 N–H and O–H groups in total. The maximum Gasteiger partial charge on any atom is 0.487 e. The maximum absolute atomic E-state index is 5.90. The summed E-state index contributed by atoms with van der Waals surface area (Å²) in [7, 11) is -0.337. The predicted octanol–water partition coefficient (Wildman–Crippen LogP) is 2.18. The lowest BCUT2D eigenvalue weighted by atomic mass is 9.89. The Morgan fingerprint density at radius 3 is 2.47 bits per heavy atom. The highest BCUT2D eigenvalue weighted by molar-refractivity contribution is 6.52. The molecule has 5 heteroatoms. The molecule has 1 aromatic rings. The van der Waals surface area contributed by atoms with E-state index in [4.69, 9.17) is 15.0 Å². The van der Waals surface area contributed by atoms with Gasteiger partial charge in [-0.2, -0.15) is 0 Å². The number of rotatable bonds is 3. The second kappa shape index (κ2) is 5.08. The van der Waals surface area contributed by atoms with Crippen molar-refractivity contribution in [1.82, 2.24) is 4.98 Å². The summed E-state index contributed by atoms with van der Waals surface area (Å²) in [6.45, 7) is 8.57. The van der Waals surface area contributed by atoms with Crippen molar-refractivity contribution < 1.29 is 9.31 Å². The van der Waals surface area contributed by atoms with Gasteiger partial charge in [-0.05, 0) is 39.3 Å². The Hall–Kier alpha value is -1.17.